The predicted molar refractivity (Wildman–Crippen MR) is 233 cm³/mol. The van der Waals surface area contributed by atoms with Gasteiger partial charge in [0.25, 0.3) is 0 Å². The molecule has 0 saturated carbocycles. The Bertz CT molecular complexity index is 2450. The van der Waals surface area contributed by atoms with Gasteiger partial charge in [-0.05, 0) is 163 Å². The zero-order chi connectivity index (χ0) is 37.2. The van der Waals surface area contributed by atoms with Gasteiger partial charge in [-0.3, -0.25) is 0 Å². The van der Waals surface area contributed by atoms with Gasteiger partial charge < -0.3 is 9.80 Å². The lowest BCUT2D eigenvalue weighted by Crippen LogP contribution is -2.13. The second-order valence-electron chi connectivity index (χ2n) is 16.8. The Morgan fingerprint density at radius 2 is 0.574 bits per heavy atom. The van der Waals surface area contributed by atoms with E-state index in [0.717, 1.165) is 34.1 Å². The first-order valence-corrected chi connectivity index (χ1v) is 19.1. The van der Waals surface area contributed by atoms with E-state index in [9.17, 15) is 0 Å². The van der Waals surface area contributed by atoms with Crippen molar-refractivity contribution in [3.63, 3.8) is 0 Å². The highest BCUT2D eigenvalue weighted by molar-refractivity contribution is 6.12. The monoisotopic (exact) mass is 698 g/mol. The van der Waals surface area contributed by atoms with Crippen molar-refractivity contribution in [3.05, 3.63) is 181 Å². The third kappa shape index (κ3) is 6.02. The average Bonchev–Trinajstić information content (AvgIpc) is 3.17. The van der Waals surface area contributed by atoms with Gasteiger partial charge in [-0.25, -0.2) is 0 Å². The average molecular weight is 699 g/mol. The Kier molecular flexibility index (Phi) is 7.97. The molecule has 9 rings (SSSR count). The fourth-order valence-electron chi connectivity index (χ4n) is 7.95. The van der Waals surface area contributed by atoms with Crippen molar-refractivity contribution in [3.8, 4) is 22.3 Å². The summed E-state index contributed by atoms with van der Waals surface area (Å²) in [6.07, 6.45) is 0. The van der Waals surface area contributed by atoms with Crippen LogP contribution in [0.2, 0.25) is 0 Å². The molecule has 0 spiro atoms. The summed E-state index contributed by atoms with van der Waals surface area (Å²) in [4.78, 5) is 4.73. The maximum Gasteiger partial charge on any atom is 0.0468 e. The quantitative estimate of drug-likeness (QED) is 0.171. The van der Waals surface area contributed by atoms with Crippen LogP contribution in [0.3, 0.4) is 0 Å². The molecule has 1 aliphatic carbocycles. The Morgan fingerprint density at radius 3 is 0.907 bits per heavy atom. The molecule has 0 aliphatic heterocycles. The SMILES string of the molecule is CC(C)(C)c1ccc(N(c2ccccc2)c2ccc3cc4c(cc3c2)-c2cc3cc(N(c5ccccc5)c5ccc(C(C)(C)C)cc5)ccc3cc2-4)cc1. The van der Waals surface area contributed by atoms with E-state index in [2.05, 4.69) is 221 Å². The number of benzene rings is 8. The lowest BCUT2D eigenvalue weighted by atomic mass is 9.78. The first-order valence-electron chi connectivity index (χ1n) is 19.1. The molecule has 0 amide bonds. The Labute approximate surface area is 320 Å². The van der Waals surface area contributed by atoms with E-state index in [1.54, 1.807) is 0 Å². The summed E-state index contributed by atoms with van der Waals surface area (Å²) in [6.45, 7) is 13.6. The number of hydrogen-bond acceptors (Lipinski definition) is 2. The van der Waals surface area contributed by atoms with Crippen LogP contribution in [0.25, 0.3) is 43.8 Å². The smallest absolute Gasteiger partial charge is 0.0468 e. The molecule has 54 heavy (non-hydrogen) atoms. The number of hydrogen-bond donors (Lipinski definition) is 0. The molecule has 8 aromatic carbocycles. The van der Waals surface area contributed by atoms with E-state index in [1.807, 2.05) is 0 Å². The molecule has 0 N–H and O–H groups in total. The number of fused-ring (bicyclic) bond motifs is 6. The summed E-state index contributed by atoms with van der Waals surface area (Å²) in [5.41, 5.74) is 15.1. The van der Waals surface area contributed by atoms with Crippen molar-refractivity contribution in [2.24, 2.45) is 0 Å². The van der Waals surface area contributed by atoms with Gasteiger partial charge in [0.1, 0.15) is 0 Å². The van der Waals surface area contributed by atoms with E-state index in [4.69, 9.17) is 0 Å². The molecular weight excluding hydrogens is 653 g/mol. The minimum absolute atomic E-state index is 0.101. The second kappa shape index (κ2) is 12.8. The molecule has 0 fully saturated rings. The van der Waals surface area contributed by atoms with Crippen LogP contribution in [-0.2, 0) is 10.8 Å². The molecule has 0 heterocycles. The predicted octanol–water partition coefficient (Wildman–Crippen LogP) is 15.2. The Hall–Kier alpha value is -6.12. The van der Waals surface area contributed by atoms with Crippen LogP contribution < -0.4 is 9.80 Å². The molecule has 0 unspecified atom stereocenters. The summed E-state index contributed by atoms with van der Waals surface area (Å²) in [5, 5.41) is 5.00. The summed E-state index contributed by atoms with van der Waals surface area (Å²) in [6, 6.07) is 62.8. The fraction of sp³-hybridized carbons (Fsp3) is 0.154. The molecule has 0 saturated heterocycles. The molecule has 0 atom stereocenters. The normalized spacial score (nSPS) is 12.3. The molecule has 264 valence electrons. The van der Waals surface area contributed by atoms with Gasteiger partial charge in [-0.2, -0.15) is 0 Å². The molecule has 8 aromatic rings. The van der Waals surface area contributed by atoms with Crippen LogP contribution in [0.15, 0.2) is 170 Å². The molecule has 2 nitrogen and oxygen atoms in total. The van der Waals surface area contributed by atoms with Gasteiger partial charge in [-0.15, -0.1) is 0 Å². The first kappa shape index (κ1) is 33.7. The zero-order valence-electron chi connectivity index (χ0n) is 32.1. The second-order valence-corrected chi connectivity index (χ2v) is 16.8. The highest BCUT2D eigenvalue weighted by Crippen LogP contribution is 2.51. The van der Waals surface area contributed by atoms with E-state index in [1.165, 1.54) is 54.9 Å². The van der Waals surface area contributed by atoms with Gasteiger partial charge in [0.2, 0.25) is 0 Å². The maximum absolute atomic E-state index is 2.39. The molecule has 0 aromatic heterocycles. The minimum Gasteiger partial charge on any atom is -0.310 e. The van der Waals surface area contributed by atoms with Crippen molar-refractivity contribution in [2.75, 3.05) is 9.80 Å². The van der Waals surface area contributed by atoms with Crippen LogP contribution in [0.5, 0.6) is 0 Å². The van der Waals surface area contributed by atoms with E-state index in [0.29, 0.717) is 0 Å². The Morgan fingerprint density at radius 1 is 0.278 bits per heavy atom. The third-order valence-electron chi connectivity index (χ3n) is 11.0. The van der Waals surface area contributed by atoms with Gasteiger partial charge in [0.15, 0.2) is 0 Å². The molecule has 0 radical (unpaired) electrons. The lowest BCUT2D eigenvalue weighted by Gasteiger charge is -2.29. The van der Waals surface area contributed by atoms with Crippen molar-refractivity contribution >= 4 is 55.7 Å². The highest BCUT2D eigenvalue weighted by Gasteiger charge is 2.25. The highest BCUT2D eigenvalue weighted by atomic mass is 15.1. The zero-order valence-corrected chi connectivity index (χ0v) is 32.1. The third-order valence-corrected chi connectivity index (χ3v) is 11.0. The van der Waals surface area contributed by atoms with Gasteiger partial charge in [0, 0.05) is 34.1 Å². The Balaban J connectivity index is 1.10. The van der Waals surface area contributed by atoms with E-state index in [-0.39, 0.29) is 10.8 Å². The first-order chi connectivity index (χ1) is 26.0. The van der Waals surface area contributed by atoms with Crippen molar-refractivity contribution in [2.45, 2.75) is 52.4 Å². The van der Waals surface area contributed by atoms with Crippen molar-refractivity contribution < 1.29 is 0 Å². The van der Waals surface area contributed by atoms with E-state index < -0.39 is 0 Å². The number of nitrogens with zero attached hydrogens (tertiary/aromatic N) is 2. The van der Waals surface area contributed by atoms with E-state index >= 15 is 0 Å². The summed E-state index contributed by atoms with van der Waals surface area (Å²) < 4.78 is 0. The fourth-order valence-corrected chi connectivity index (χ4v) is 7.95. The van der Waals surface area contributed by atoms with Gasteiger partial charge >= 0.3 is 0 Å². The van der Waals surface area contributed by atoms with Crippen LogP contribution >= 0.6 is 0 Å². The molecular formula is C52H46N2. The van der Waals surface area contributed by atoms with Crippen LogP contribution in [0.1, 0.15) is 52.7 Å². The molecule has 2 heteroatoms. The van der Waals surface area contributed by atoms with Crippen molar-refractivity contribution in [1.29, 1.82) is 0 Å². The number of anilines is 6. The largest absolute Gasteiger partial charge is 0.310 e. The number of rotatable bonds is 6. The van der Waals surface area contributed by atoms with Gasteiger partial charge in [-0.1, -0.05) is 114 Å². The van der Waals surface area contributed by atoms with Crippen molar-refractivity contribution in [1.82, 2.24) is 0 Å². The molecule has 0 bridgehead atoms. The van der Waals surface area contributed by atoms with Crippen LogP contribution in [-0.4, -0.2) is 0 Å². The summed E-state index contributed by atoms with van der Waals surface area (Å²) in [5.74, 6) is 0. The number of para-hydroxylation sites is 2. The van der Waals surface area contributed by atoms with Crippen LogP contribution in [0, 0.1) is 0 Å². The lowest BCUT2D eigenvalue weighted by molar-refractivity contribution is 0.590. The van der Waals surface area contributed by atoms with Gasteiger partial charge in [0.05, 0.1) is 0 Å². The topological polar surface area (TPSA) is 6.48 Å². The summed E-state index contributed by atoms with van der Waals surface area (Å²) in [7, 11) is 0. The summed E-state index contributed by atoms with van der Waals surface area (Å²) >= 11 is 0. The standard InChI is InChI=1S/C52H46N2/c1-51(2,3)39-19-25-43(26-20-39)53(41-13-9-7-10-14-41)45-23-17-35-31-47-48-32-36-18-24-46(30-38(36)34-50(48)49(47)33-37(35)29-45)54(42-15-11-8-12-16-42)44-27-21-40(22-28-44)52(4,5)6/h7-34H,1-6H3. The van der Waals surface area contributed by atoms with Crippen LogP contribution in [0.4, 0.5) is 34.1 Å². The maximum atomic E-state index is 2.39. The molecule has 1 aliphatic rings. The minimum atomic E-state index is 0.101.